The smallest absolute Gasteiger partial charge is 0.325 e. The van der Waals surface area contributed by atoms with E-state index in [0.29, 0.717) is 0 Å². The lowest BCUT2D eigenvalue weighted by Crippen LogP contribution is -2.49. The molecule has 0 saturated carbocycles. The quantitative estimate of drug-likeness (QED) is 0.0866. The van der Waals surface area contributed by atoms with Crippen LogP contribution in [0.25, 0.3) is 0 Å². The molecule has 0 bridgehead atoms. The Labute approximate surface area is 267 Å². The lowest BCUT2D eigenvalue weighted by molar-refractivity contribution is -0.142. The Kier molecular flexibility index (Phi) is 14.7. The summed E-state index contributed by atoms with van der Waals surface area (Å²) in [6.07, 6.45) is 0.897. The number of methoxy groups -OCH3 is 2. The van der Waals surface area contributed by atoms with Crippen molar-refractivity contribution >= 4 is 68.5 Å². The monoisotopic (exact) mass is 656 g/mol. The molecule has 4 N–H and O–H groups in total. The van der Waals surface area contributed by atoms with Crippen LogP contribution in [0.15, 0.2) is 91.0 Å². The van der Waals surface area contributed by atoms with Gasteiger partial charge in [-0.1, -0.05) is 76.2 Å². The first-order valence-corrected chi connectivity index (χ1v) is 18.5. The molecule has 3 aromatic rings. The fourth-order valence-corrected chi connectivity index (χ4v) is 12.0. The maximum absolute atomic E-state index is 12.9. The molecule has 0 heterocycles. The Morgan fingerprint density at radius 1 is 0.795 bits per heavy atom. The van der Waals surface area contributed by atoms with Crippen LogP contribution in [0.3, 0.4) is 0 Å². The minimum absolute atomic E-state index is 0.0624. The third kappa shape index (κ3) is 10.1. The van der Waals surface area contributed by atoms with Crippen LogP contribution in [0.5, 0.6) is 0 Å². The van der Waals surface area contributed by atoms with Crippen molar-refractivity contribution in [1.29, 1.82) is 0 Å². The van der Waals surface area contributed by atoms with Crippen molar-refractivity contribution in [3.05, 3.63) is 91.0 Å². The number of carbonyl (C=O) groups excluding carboxylic acids is 4. The molecule has 2 atom stereocenters. The first-order valence-electron chi connectivity index (χ1n) is 14.1. The second-order valence-corrected chi connectivity index (χ2v) is 16.0. The van der Waals surface area contributed by atoms with E-state index in [1.54, 1.807) is 10.8 Å². The molecule has 0 aromatic heterocycles. The number of amides is 2. The van der Waals surface area contributed by atoms with E-state index in [-0.39, 0.29) is 25.1 Å². The summed E-state index contributed by atoms with van der Waals surface area (Å²) in [4.78, 5) is 48.8. The molecule has 0 aliphatic heterocycles. The summed E-state index contributed by atoms with van der Waals surface area (Å²) in [5, 5.41) is 9.11. The van der Waals surface area contributed by atoms with Gasteiger partial charge in [-0.15, -0.1) is 0 Å². The largest absolute Gasteiger partial charge is 0.468 e. The SMILES string of the molecule is COC(=O)CNC(=O)[C@H](CSSCC[P+](c1ccccc1)(c1ccccc1)c1ccccc1)NC(=O)CC[C@H](N)C(=O)OC. The molecule has 0 unspecified atom stereocenters. The minimum Gasteiger partial charge on any atom is -0.468 e. The molecule has 0 spiro atoms. The summed E-state index contributed by atoms with van der Waals surface area (Å²) in [7, 11) is 3.56. The Balaban J connectivity index is 1.72. The van der Waals surface area contributed by atoms with Gasteiger partial charge in [0.25, 0.3) is 0 Å². The fraction of sp³-hybridized carbons (Fsp3) is 0.312. The molecule has 0 aliphatic carbocycles. The first-order chi connectivity index (χ1) is 21.3. The van der Waals surface area contributed by atoms with Crippen molar-refractivity contribution in [3.8, 4) is 0 Å². The normalized spacial score (nSPS) is 12.4. The molecule has 234 valence electrons. The molecule has 2 amide bonds. The van der Waals surface area contributed by atoms with Crippen LogP contribution in [0.2, 0.25) is 0 Å². The highest BCUT2D eigenvalue weighted by molar-refractivity contribution is 8.76. The predicted octanol–water partition coefficient (Wildman–Crippen LogP) is 2.42. The third-order valence-electron chi connectivity index (χ3n) is 6.89. The molecule has 12 heteroatoms. The molecule has 0 radical (unpaired) electrons. The van der Waals surface area contributed by atoms with Crippen molar-refractivity contribution < 1.29 is 28.7 Å². The Morgan fingerprint density at radius 3 is 1.80 bits per heavy atom. The molecule has 3 rings (SSSR count). The van der Waals surface area contributed by atoms with Crippen LogP contribution in [-0.2, 0) is 28.7 Å². The zero-order chi connectivity index (χ0) is 31.8. The van der Waals surface area contributed by atoms with Crippen molar-refractivity contribution in [2.24, 2.45) is 5.73 Å². The average Bonchev–Trinajstić information content (AvgIpc) is 3.07. The summed E-state index contributed by atoms with van der Waals surface area (Å²) in [5.74, 6) is -1.10. The van der Waals surface area contributed by atoms with Crippen LogP contribution in [0.4, 0.5) is 0 Å². The topological polar surface area (TPSA) is 137 Å². The molecule has 0 fully saturated rings. The molecule has 0 saturated heterocycles. The number of esters is 2. The summed E-state index contributed by atoms with van der Waals surface area (Å²) >= 11 is 0. The standard InChI is InChI=1S/C32H38N3O6PS2/c1-40-30(37)22-34-31(38)28(35-29(36)19-18-27(33)32(39)41-2)23-44-43-21-20-42(24-12-6-3-7-13-24,25-14-8-4-9-15-25)26-16-10-5-11-17-26/h3-17,27-28H,18-23,33H2,1-2H3,(H-,34,35,36,38)/p+1/t27-,28-/m0/s1. The molecular weight excluding hydrogens is 617 g/mol. The number of rotatable bonds is 17. The van der Waals surface area contributed by atoms with Gasteiger partial charge in [-0.05, 0) is 42.8 Å². The average molecular weight is 657 g/mol. The fourth-order valence-electron chi connectivity index (χ4n) is 4.59. The minimum atomic E-state index is -2.00. The highest BCUT2D eigenvalue weighted by atomic mass is 33.1. The Hall–Kier alpha value is -3.37. The summed E-state index contributed by atoms with van der Waals surface area (Å²) in [5.41, 5.74) is 5.75. The van der Waals surface area contributed by atoms with Crippen LogP contribution < -0.4 is 32.3 Å². The van der Waals surface area contributed by atoms with Gasteiger partial charge in [-0.25, -0.2) is 0 Å². The summed E-state index contributed by atoms with van der Waals surface area (Å²) in [6.45, 7) is -0.315. The number of nitrogens with two attached hydrogens (primary N) is 1. The van der Waals surface area contributed by atoms with Crippen LogP contribution in [0.1, 0.15) is 12.8 Å². The van der Waals surface area contributed by atoms with Crippen LogP contribution in [-0.4, -0.2) is 74.3 Å². The molecule has 3 aromatic carbocycles. The third-order valence-corrected chi connectivity index (χ3v) is 14.0. The van der Waals surface area contributed by atoms with Crippen molar-refractivity contribution in [1.82, 2.24) is 10.6 Å². The van der Waals surface area contributed by atoms with Gasteiger partial charge in [0.2, 0.25) is 11.8 Å². The molecule has 44 heavy (non-hydrogen) atoms. The van der Waals surface area contributed by atoms with Gasteiger partial charge in [-0.3, -0.25) is 19.2 Å². The van der Waals surface area contributed by atoms with E-state index in [4.69, 9.17) is 5.73 Å². The predicted molar refractivity (Wildman–Crippen MR) is 181 cm³/mol. The number of ether oxygens (including phenoxy) is 2. The molecule has 0 aliphatic rings. The molecule has 9 nitrogen and oxygen atoms in total. The highest BCUT2D eigenvalue weighted by Gasteiger charge is 2.44. The first kappa shape index (κ1) is 35.1. The van der Waals surface area contributed by atoms with Gasteiger partial charge in [-0.2, -0.15) is 0 Å². The lowest BCUT2D eigenvalue weighted by atomic mass is 10.1. The second kappa shape index (κ2) is 18.4. The second-order valence-electron chi connectivity index (χ2n) is 9.73. The number of nitrogens with one attached hydrogen (secondary N) is 2. The number of carbonyl (C=O) groups is 4. The van der Waals surface area contributed by atoms with Crippen molar-refractivity contribution in [2.75, 3.05) is 38.4 Å². The van der Waals surface area contributed by atoms with Gasteiger partial charge in [0.15, 0.2) is 0 Å². The van der Waals surface area contributed by atoms with E-state index >= 15 is 0 Å². The number of hydrogen-bond acceptors (Lipinski definition) is 9. The van der Waals surface area contributed by atoms with E-state index < -0.39 is 43.1 Å². The van der Waals surface area contributed by atoms with Gasteiger partial charge < -0.3 is 25.8 Å². The maximum Gasteiger partial charge on any atom is 0.325 e. The summed E-state index contributed by atoms with van der Waals surface area (Å²) < 4.78 is 9.21. The zero-order valence-electron chi connectivity index (χ0n) is 24.8. The Morgan fingerprint density at radius 2 is 1.32 bits per heavy atom. The Bertz CT molecular complexity index is 1260. The maximum atomic E-state index is 12.9. The van der Waals surface area contributed by atoms with E-state index in [2.05, 4.69) is 92.9 Å². The number of hydrogen-bond donors (Lipinski definition) is 3. The van der Waals surface area contributed by atoms with Crippen LogP contribution >= 0.6 is 28.9 Å². The highest BCUT2D eigenvalue weighted by Crippen LogP contribution is 2.55. The van der Waals surface area contributed by atoms with E-state index in [1.807, 2.05) is 18.2 Å². The van der Waals surface area contributed by atoms with Crippen molar-refractivity contribution in [3.63, 3.8) is 0 Å². The van der Waals surface area contributed by atoms with E-state index in [9.17, 15) is 19.2 Å². The molecular formula is C32H39N3O6PS2+. The summed E-state index contributed by atoms with van der Waals surface area (Å²) in [6, 6.07) is 29.9. The van der Waals surface area contributed by atoms with Gasteiger partial charge in [0.1, 0.15) is 41.8 Å². The van der Waals surface area contributed by atoms with Gasteiger partial charge >= 0.3 is 11.9 Å². The lowest BCUT2D eigenvalue weighted by Gasteiger charge is -2.27. The van der Waals surface area contributed by atoms with E-state index in [0.717, 1.165) is 11.9 Å². The zero-order valence-corrected chi connectivity index (χ0v) is 27.4. The number of benzene rings is 3. The van der Waals surface area contributed by atoms with Crippen LogP contribution in [0, 0.1) is 0 Å². The van der Waals surface area contributed by atoms with E-state index in [1.165, 1.54) is 40.9 Å². The van der Waals surface area contributed by atoms with Gasteiger partial charge in [0.05, 0.1) is 20.4 Å². The van der Waals surface area contributed by atoms with Crippen molar-refractivity contribution in [2.45, 2.75) is 24.9 Å². The van der Waals surface area contributed by atoms with Gasteiger partial charge in [0, 0.05) is 17.9 Å².